The van der Waals surface area contributed by atoms with Crippen LogP contribution in [-0.2, 0) is 14.3 Å². The topological polar surface area (TPSA) is 70.7 Å². The highest BCUT2D eigenvalue weighted by molar-refractivity contribution is 7.80. The van der Waals surface area contributed by atoms with Gasteiger partial charge in [-0.3, -0.25) is 4.79 Å². The van der Waals surface area contributed by atoms with Crippen LogP contribution >= 0.6 is 12.2 Å². The Bertz CT molecular complexity index is 830. The van der Waals surface area contributed by atoms with Crippen LogP contribution in [-0.4, -0.2) is 35.0 Å². The summed E-state index contributed by atoms with van der Waals surface area (Å²) in [5.74, 6) is -0.195. The fourth-order valence-corrected chi connectivity index (χ4v) is 4.50. The summed E-state index contributed by atoms with van der Waals surface area (Å²) in [7, 11) is 0. The molecule has 0 aromatic heterocycles. The van der Waals surface area contributed by atoms with Crippen LogP contribution in [0.5, 0.6) is 0 Å². The first-order valence-electron chi connectivity index (χ1n) is 10.3. The number of esters is 1. The number of carbonyl (C=O) groups is 2. The molecule has 7 heteroatoms. The Kier molecular flexibility index (Phi) is 6.90. The van der Waals surface area contributed by atoms with Crippen LogP contribution in [0.25, 0.3) is 0 Å². The Morgan fingerprint density at radius 3 is 2.66 bits per heavy atom. The average Bonchev–Trinajstić information content (AvgIpc) is 3.23. The summed E-state index contributed by atoms with van der Waals surface area (Å²) in [4.78, 5) is 27.1. The summed E-state index contributed by atoms with van der Waals surface area (Å²) in [6.45, 7) is 6.63. The molecule has 2 N–H and O–H groups in total. The van der Waals surface area contributed by atoms with Gasteiger partial charge in [0.2, 0.25) is 5.91 Å². The summed E-state index contributed by atoms with van der Waals surface area (Å²) in [6, 6.07) is 7.17. The van der Waals surface area contributed by atoms with Gasteiger partial charge in [0.25, 0.3) is 0 Å². The zero-order valence-electron chi connectivity index (χ0n) is 17.3. The Morgan fingerprint density at radius 2 is 2.00 bits per heavy atom. The first-order valence-corrected chi connectivity index (χ1v) is 10.7. The van der Waals surface area contributed by atoms with E-state index < -0.39 is 6.04 Å². The average molecular weight is 416 g/mol. The van der Waals surface area contributed by atoms with E-state index in [0.717, 1.165) is 42.6 Å². The monoisotopic (exact) mass is 415 g/mol. The van der Waals surface area contributed by atoms with E-state index in [9.17, 15) is 9.59 Å². The molecule has 1 amide bonds. The van der Waals surface area contributed by atoms with Gasteiger partial charge in [-0.15, -0.1) is 0 Å². The van der Waals surface area contributed by atoms with Gasteiger partial charge in [0.15, 0.2) is 5.11 Å². The molecule has 0 radical (unpaired) electrons. The third kappa shape index (κ3) is 4.61. The molecule has 0 spiro atoms. The molecular formula is C22H29N3O3S. The predicted molar refractivity (Wildman–Crippen MR) is 117 cm³/mol. The lowest BCUT2D eigenvalue weighted by Crippen LogP contribution is -2.47. The maximum Gasteiger partial charge on any atom is 0.338 e. The summed E-state index contributed by atoms with van der Waals surface area (Å²) in [5, 5.41) is 6.88. The minimum atomic E-state index is -0.423. The van der Waals surface area contributed by atoms with Gasteiger partial charge < -0.3 is 20.3 Å². The van der Waals surface area contributed by atoms with Gasteiger partial charge in [0.05, 0.1) is 18.2 Å². The maximum absolute atomic E-state index is 12.7. The van der Waals surface area contributed by atoms with Gasteiger partial charge in [-0.05, 0) is 63.5 Å². The van der Waals surface area contributed by atoms with Crippen molar-refractivity contribution in [1.29, 1.82) is 0 Å². The van der Waals surface area contributed by atoms with E-state index in [1.165, 1.54) is 0 Å². The van der Waals surface area contributed by atoms with Crippen LogP contribution in [0.4, 0.5) is 5.69 Å². The molecule has 0 unspecified atom stereocenters. The van der Waals surface area contributed by atoms with Gasteiger partial charge >= 0.3 is 5.97 Å². The first kappa shape index (κ1) is 21.3. The third-order valence-electron chi connectivity index (χ3n) is 5.62. The first-order chi connectivity index (χ1) is 14.0. The van der Waals surface area contributed by atoms with E-state index in [1.54, 1.807) is 6.92 Å². The van der Waals surface area contributed by atoms with E-state index in [4.69, 9.17) is 17.0 Å². The highest BCUT2D eigenvalue weighted by atomic mass is 32.1. The third-order valence-corrected chi connectivity index (χ3v) is 5.96. The van der Waals surface area contributed by atoms with Crippen LogP contribution in [0.15, 0.2) is 35.5 Å². The van der Waals surface area contributed by atoms with Crippen LogP contribution in [0.2, 0.25) is 0 Å². The highest BCUT2D eigenvalue weighted by Crippen LogP contribution is 2.33. The van der Waals surface area contributed by atoms with Crippen molar-refractivity contribution in [3.8, 4) is 0 Å². The second-order valence-corrected chi connectivity index (χ2v) is 7.83. The van der Waals surface area contributed by atoms with Crippen LogP contribution in [0, 0.1) is 5.92 Å². The Balaban J connectivity index is 1.90. The molecular weight excluding hydrogens is 386 g/mol. The van der Waals surface area contributed by atoms with Crippen molar-refractivity contribution >= 4 is 34.9 Å². The number of rotatable bonds is 6. The highest BCUT2D eigenvalue weighted by Gasteiger charge is 2.34. The van der Waals surface area contributed by atoms with Crippen LogP contribution < -0.4 is 10.6 Å². The number of nitrogens with zero attached hydrogens (tertiary/aromatic N) is 1. The van der Waals surface area contributed by atoms with Crippen molar-refractivity contribution in [2.45, 2.75) is 52.5 Å². The molecule has 1 aromatic carbocycles. The van der Waals surface area contributed by atoms with Crippen molar-refractivity contribution in [1.82, 2.24) is 10.2 Å². The molecule has 1 aromatic rings. The number of hydrogen-bond donors (Lipinski definition) is 2. The molecule has 6 nitrogen and oxygen atoms in total. The second kappa shape index (κ2) is 9.39. The lowest BCUT2D eigenvalue weighted by atomic mass is 9.94. The van der Waals surface area contributed by atoms with Crippen molar-refractivity contribution in [2.75, 3.05) is 18.5 Å². The molecule has 1 saturated carbocycles. The van der Waals surface area contributed by atoms with Crippen molar-refractivity contribution in [3.63, 3.8) is 0 Å². The Labute approximate surface area is 177 Å². The molecule has 1 aliphatic heterocycles. The normalized spacial score (nSPS) is 19.9. The standard InChI is InChI=1S/C22H29N3O3S/c1-4-25-14(3)18(21(27)28-5-2)19(24-22(25)29)16-11-8-12-17(13-16)23-20(26)15-9-6-7-10-15/h8,11-13,15,19H,4-7,9-10H2,1-3H3,(H,23,26)(H,24,29)/t19-/m0/s1. The lowest BCUT2D eigenvalue weighted by molar-refractivity contribution is -0.139. The summed E-state index contributed by atoms with van der Waals surface area (Å²) < 4.78 is 5.32. The van der Waals surface area contributed by atoms with E-state index >= 15 is 0 Å². The number of nitrogens with one attached hydrogen (secondary N) is 2. The SMILES string of the molecule is CCOC(=O)C1=C(C)N(CC)C(=S)N[C@H]1c1cccc(NC(=O)C2CCCC2)c1. The maximum atomic E-state index is 12.7. The largest absolute Gasteiger partial charge is 0.463 e. The Hall–Kier alpha value is -2.41. The summed E-state index contributed by atoms with van der Waals surface area (Å²) >= 11 is 5.52. The van der Waals surface area contributed by atoms with Crippen LogP contribution in [0.3, 0.4) is 0 Å². The van der Waals surface area contributed by atoms with Crippen molar-refractivity contribution in [3.05, 3.63) is 41.1 Å². The lowest BCUT2D eigenvalue weighted by Gasteiger charge is -2.37. The number of benzene rings is 1. The molecule has 156 valence electrons. The predicted octanol–water partition coefficient (Wildman–Crippen LogP) is 3.90. The van der Waals surface area contributed by atoms with Crippen LogP contribution in [0.1, 0.15) is 58.1 Å². The van der Waals surface area contributed by atoms with E-state index in [-0.39, 0.29) is 17.8 Å². The number of hydrogen-bond acceptors (Lipinski definition) is 4. The quantitative estimate of drug-likeness (QED) is 0.542. The fourth-order valence-electron chi connectivity index (χ4n) is 4.11. The molecule has 29 heavy (non-hydrogen) atoms. The van der Waals surface area contributed by atoms with Gasteiger partial charge in [0, 0.05) is 23.8 Å². The molecule has 0 saturated heterocycles. The molecule has 1 heterocycles. The molecule has 2 aliphatic rings. The van der Waals surface area contributed by atoms with Crippen molar-refractivity contribution < 1.29 is 14.3 Å². The Morgan fingerprint density at radius 1 is 1.28 bits per heavy atom. The number of amides is 1. The summed E-state index contributed by atoms with van der Waals surface area (Å²) in [5.41, 5.74) is 2.92. The minimum absolute atomic E-state index is 0.0706. The van der Waals surface area contributed by atoms with E-state index in [1.807, 2.05) is 43.0 Å². The number of anilines is 1. The summed E-state index contributed by atoms with van der Waals surface area (Å²) in [6.07, 6.45) is 4.13. The smallest absolute Gasteiger partial charge is 0.338 e. The molecule has 0 bridgehead atoms. The zero-order chi connectivity index (χ0) is 21.0. The fraction of sp³-hybridized carbons (Fsp3) is 0.500. The van der Waals surface area contributed by atoms with E-state index in [2.05, 4.69) is 10.6 Å². The molecule has 1 aliphatic carbocycles. The molecule has 3 rings (SSSR count). The number of carbonyl (C=O) groups excluding carboxylic acids is 2. The van der Waals surface area contributed by atoms with Gasteiger partial charge in [-0.25, -0.2) is 4.79 Å². The van der Waals surface area contributed by atoms with Gasteiger partial charge in [-0.2, -0.15) is 0 Å². The number of allylic oxidation sites excluding steroid dienone is 1. The van der Waals surface area contributed by atoms with E-state index in [0.29, 0.717) is 23.8 Å². The minimum Gasteiger partial charge on any atom is -0.463 e. The second-order valence-electron chi connectivity index (χ2n) is 7.44. The number of ether oxygens (including phenoxy) is 1. The van der Waals surface area contributed by atoms with Crippen molar-refractivity contribution in [2.24, 2.45) is 5.92 Å². The van der Waals surface area contributed by atoms with Gasteiger partial charge in [-0.1, -0.05) is 25.0 Å². The molecule has 1 atom stereocenters. The molecule has 1 fully saturated rings. The number of thiocarbonyl (C=S) groups is 1. The zero-order valence-corrected chi connectivity index (χ0v) is 18.1. The van der Waals surface area contributed by atoms with Gasteiger partial charge in [0.1, 0.15) is 0 Å².